The zero-order chi connectivity index (χ0) is 14.5. The number of aliphatic hydroxyl groups is 1. The van der Waals surface area contributed by atoms with Crippen molar-refractivity contribution in [1.29, 1.82) is 0 Å². The van der Waals surface area contributed by atoms with E-state index in [1.807, 2.05) is 6.07 Å². The quantitative estimate of drug-likeness (QED) is 0.900. The van der Waals surface area contributed by atoms with Crippen molar-refractivity contribution in [2.24, 2.45) is 0 Å². The molecule has 2 N–H and O–H groups in total. The molecule has 0 fully saturated rings. The van der Waals surface area contributed by atoms with Crippen molar-refractivity contribution in [2.75, 3.05) is 0 Å². The van der Waals surface area contributed by atoms with Gasteiger partial charge in [0.05, 0.1) is 12.2 Å². The molecule has 0 radical (unpaired) electrons. The monoisotopic (exact) mass is 337 g/mol. The zero-order valence-corrected chi connectivity index (χ0v) is 12.2. The Kier molecular flexibility index (Phi) is 4.87. The van der Waals surface area contributed by atoms with E-state index in [1.54, 1.807) is 24.3 Å². The largest absolute Gasteiger partial charge is 0.392 e. The Labute approximate surface area is 124 Å². The SMILES string of the molecule is O=C(NCc1ccc(F)c(CO)c1)c1ccccc1Br. The van der Waals surface area contributed by atoms with Gasteiger partial charge in [-0.05, 0) is 45.8 Å². The number of rotatable bonds is 4. The van der Waals surface area contributed by atoms with Crippen molar-refractivity contribution >= 4 is 21.8 Å². The molecule has 0 atom stereocenters. The molecule has 2 aromatic rings. The molecule has 3 nitrogen and oxygen atoms in total. The molecule has 0 aromatic heterocycles. The van der Waals surface area contributed by atoms with E-state index in [9.17, 15) is 9.18 Å². The number of carbonyl (C=O) groups excluding carboxylic acids is 1. The van der Waals surface area contributed by atoms with E-state index in [4.69, 9.17) is 5.11 Å². The fraction of sp³-hybridized carbons (Fsp3) is 0.133. The second-order valence-electron chi connectivity index (χ2n) is 4.25. The van der Waals surface area contributed by atoms with Gasteiger partial charge in [0, 0.05) is 16.6 Å². The fourth-order valence-corrected chi connectivity index (χ4v) is 2.25. The molecular weight excluding hydrogens is 325 g/mol. The number of carbonyl (C=O) groups is 1. The number of hydrogen-bond donors (Lipinski definition) is 2. The van der Waals surface area contributed by atoms with Crippen LogP contribution in [0.2, 0.25) is 0 Å². The minimum Gasteiger partial charge on any atom is -0.392 e. The molecule has 1 amide bonds. The van der Waals surface area contributed by atoms with Crippen LogP contribution in [0.3, 0.4) is 0 Å². The van der Waals surface area contributed by atoms with Gasteiger partial charge in [-0.3, -0.25) is 4.79 Å². The van der Waals surface area contributed by atoms with Gasteiger partial charge in [-0.25, -0.2) is 4.39 Å². The topological polar surface area (TPSA) is 49.3 Å². The van der Waals surface area contributed by atoms with Gasteiger partial charge in [0.1, 0.15) is 5.82 Å². The molecule has 20 heavy (non-hydrogen) atoms. The maximum absolute atomic E-state index is 13.2. The first-order chi connectivity index (χ1) is 9.61. The summed E-state index contributed by atoms with van der Waals surface area (Å²) < 4.78 is 13.9. The van der Waals surface area contributed by atoms with Crippen LogP contribution in [0.4, 0.5) is 4.39 Å². The number of benzene rings is 2. The molecule has 0 saturated heterocycles. The van der Waals surface area contributed by atoms with Gasteiger partial charge < -0.3 is 10.4 Å². The van der Waals surface area contributed by atoms with Crippen LogP contribution >= 0.6 is 15.9 Å². The molecule has 0 unspecified atom stereocenters. The Morgan fingerprint density at radius 1 is 1.25 bits per heavy atom. The van der Waals surface area contributed by atoms with E-state index < -0.39 is 5.82 Å². The molecule has 0 saturated carbocycles. The van der Waals surface area contributed by atoms with E-state index in [0.29, 0.717) is 10.0 Å². The Morgan fingerprint density at radius 2 is 2.00 bits per heavy atom. The Morgan fingerprint density at radius 3 is 2.70 bits per heavy atom. The van der Waals surface area contributed by atoms with Crippen molar-refractivity contribution in [3.63, 3.8) is 0 Å². The predicted octanol–water partition coefficient (Wildman–Crippen LogP) is 3.01. The fourth-order valence-electron chi connectivity index (χ4n) is 1.78. The number of halogens is 2. The maximum Gasteiger partial charge on any atom is 0.252 e. The van der Waals surface area contributed by atoms with E-state index in [2.05, 4.69) is 21.2 Å². The van der Waals surface area contributed by atoms with Crippen LogP contribution in [-0.2, 0) is 13.2 Å². The summed E-state index contributed by atoms with van der Waals surface area (Å²) >= 11 is 3.31. The second kappa shape index (κ2) is 6.63. The van der Waals surface area contributed by atoms with Crippen LogP contribution in [0.5, 0.6) is 0 Å². The van der Waals surface area contributed by atoms with Gasteiger partial charge in [-0.1, -0.05) is 18.2 Å². The summed E-state index contributed by atoms with van der Waals surface area (Å²) in [6.45, 7) is -0.0920. The van der Waals surface area contributed by atoms with E-state index in [0.717, 1.165) is 5.56 Å². The lowest BCUT2D eigenvalue weighted by Crippen LogP contribution is -2.23. The molecule has 0 aliphatic carbocycles. The molecule has 2 rings (SSSR count). The van der Waals surface area contributed by atoms with Gasteiger partial charge >= 0.3 is 0 Å². The lowest BCUT2D eigenvalue weighted by atomic mass is 10.1. The summed E-state index contributed by atoms with van der Waals surface area (Å²) in [6, 6.07) is 11.5. The molecule has 0 spiro atoms. The predicted molar refractivity (Wildman–Crippen MR) is 77.6 cm³/mol. The first-order valence-corrected chi connectivity index (χ1v) is 6.82. The molecule has 0 aliphatic heterocycles. The minimum absolute atomic E-state index is 0.215. The van der Waals surface area contributed by atoms with E-state index in [1.165, 1.54) is 12.1 Å². The third-order valence-electron chi connectivity index (χ3n) is 2.85. The van der Waals surface area contributed by atoms with Gasteiger partial charge in [0.15, 0.2) is 0 Å². The van der Waals surface area contributed by atoms with Crippen LogP contribution in [-0.4, -0.2) is 11.0 Å². The maximum atomic E-state index is 13.2. The summed E-state index contributed by atoms with van der Waals surface area (Å²) in [7, 11) is 0. The minimum atomic E-state index is -0.451. The second-order valence-corrected chi connectivity index (χ2v) is 5.10. The number of hydrogen-bond acceptors (Lipinski definition) is 2. The Balaban J connectivity index is 2.06. The first kappa shape index (κ1) is 14.7. The van der Waals surface area contributed by atoms with Gasteiger partial charge in [-0.15, -0.1) is 0 Å². The molecule has 0 bridgehead atoms. The van der Waals surface area contributed by atoms with Crippen molar-refractivity contribution in [3.8, 4) is 0 Å². The van der Waals surface area contributed by atoms with Crippen LogP contribution < -0.4 is 5.32 Å². The smallest absolute Gasteiger partial charge is 0.252 e. The summed E-state index contributed by atoms with van der Waals surface area (Å²) in [6.07, 6.45) is 0. The highest BCUT2D eigenvalue weighted by atomic mass is 79.9. The molecule has 104 valence electrons. The molecule has 0 aliphatic rings. The molecule has 5 heteroatoms. The lowest BCUT2D eigenvalue weighted by Gasteiger charge is -2.08. The van der Waals surface area contributed by atoms with Crippen molar-refractivity contribution < 1.29 is 14.3 Å². The van der Waals surface area contributed by atoms with Crippen molar-refractivity contribution in [1.82, 2.24) is 5.32 Å². The van der Waals surface area contributed by atoms with E-state index >= 15 is 0 Å². The number of amides is 1. The van der Waals surface area contributed by atoms with Crippen LogP contribution in [0.1, 0.15) is 21.5 Å². The number of nitrogens with one attached hydrogen (secondary N) is 1. The zero-order valence-electron chi connectivity index (χ0n) is 10.6. The molecular formula is C15H13BrFNO2. The average molecular weight is 338 g/mol. The van der Waals surface area contributed by atoms with Crippen LogP contribution in [0.25, 0.3) is 0 Å². The average Bonchev–Trinajstić information content (AvgIpc) is 2.46. The first-order valence-electron chi connectivity index (χ1n) is 6.02. The third kappa shape index (κ3) is 3.43. The lowest BCUT2D eigenvalue weighted by molar-refractivity contribution is 0.0950. The Bertz CT molecular complexity index is 631. The highest BCUT2D eigenvalue weighted by molar-refractivity contribution is 9.10. The van der Waals surface area contributed by atoms with Gasteiger partial charge in [-0.2, -0.15) is 0 Å². The van der Waals surface area contributed by atoms with Crippen molar-refractivity contribution in [3.05, 3.63) is 69.4 Å². The summed E-state index contributed by atoms with van der Waals surface area (Å²) in [5.74, 6) is -0.666. The molecule has 0 heterocycles. The molecule has 2 aromatic carbocycles. The summed E-state index contributed by atoms with van der Waals surface area (Å²) in [4.78, 5) is 12.0. The van der Waals surface area contributed by atoms with Crippen LogP contribution in [0, 0.1) is 5.82 Å². The standard InChI is InChI=1S/C15H13BrFNO2/c16-13-4-2-1-3-12(13)15(20)18-8-10-5-6-14(17)11(7-10)9-19/h1-7,19H,8-9H2,(H,18,20). The number of aliphatic hydroxyl groups excluding tert-OH is 1. The third-order valence-corrected chi connectivity index (χ3v) is 3.54. The highest BCUT2D eigenvalue weighted by Crippen LogP contribution is 2.16. The van der Waals surface area contributed by atoms with Crippen molar-refractivity contribution in [2.45, 2.75) is 13.2 Å². The van der Waals surface area contributed by atoms with Crippen LogP contribution in [0.15, 0.2) is 46.9 Å². The van der Waals surface area contributed by atoms with Gasteiger partial charge in [0.2, 0.25) is 0 Å². The highest BCUT2D eigenvalue weighted by Gasteiger charge is 2.09. The van der Waals surface area contributed by atoms with E-state index in [-0.39, 0.29) is 24.6 Å². The van der Waals surface area contributed by atoms with Gasteiger partial charge in [0.25, 0.3) is 5.91 Å². The summed E-state index contributed by atoms with van der Waals surface area (Å²) in [5.41, 5.74) is 1.49. The Hall–Kier alpha value is -1.72. The normalized spacial score (nSPS) is 10.3. The summed E-state index contributed by atoms with van der Waals surface area (Å²) in [5, 5.41) is 11.8.